The van der Waals surface area contributed by atoms with Crippen LogP contribution in [-0.4, -0.2) is 23.3 Å². The maximum Gasteiger partial charge on any atom is 0.145 e. The summed E-state index contributed by atoms with van der Waals surface area (Å²) in [5.41, 5.74) is 1.23. The Kier molecular flexibility index (Phi) is 6.45. The molecule has 1 unspecified atom stereocenters. The van der Waals surface area contributed by atoms with Gasteiger partial charge in [0, 0.05) is 23.4 Å². The minimum Gasteiger partial charge on any atom is -0.377 e. The van der Waals surface area contributed by atoms with E-state index in [1.54, 1.807) is 45.4 Å². The molecule has 176 valence electrons. The predicted molar refractivity (Wildman–Crippen MR) is 132 cm³/mol. The van der Waals surface area contributed by atoms with E-state index in [1.165, 1.54) is 24.4 Å². The second-order valence-electron chi connectivity index (χ2n) is 8.47. The summed E-state index contributed by atoms with van der Waals surface area (Å²) in [4.78, 5) is 8.40. The average Bonchev–Trinajstić information content (AvgIpc) is 2.76. The SMILES string of the molecule is Cc1nc2cc(F)c(-c3ccc(P(C)(C)=O)nc3)c(F)c2c(NC(C)c2ccccc2F)c1Cl. The molecule has 9 heteroatoms. The Hall–Kier alpha value is -2.89. The summed E-state index contributed by atoms with van der Waals surface area (Å²) in [6, 6.07) is 9.77. The highest BCUT2D eigenvalue weighted by atomic mass is 35.5. The number of pyridine rings is 2. The summed E-state index contributed by atoms with van der Waals surface area (Å²) in [6.45, 7) is 6.48. The smallest absolute Gasteiger partial charge is 0.145 e. The molecule has 4 rings (SSSR count). The van der Waals surface area contributed by atoms with Crippen molar-refractivity contribution in [1.29, 1.82) is 0 Å². The number of aryl methyl sites for hydroxylation is 1. The number of halogens is 4. The third-order valence-corrected chi connectivity index (χ3v) is 7.42. The van der Waals surface area contributed by atoms with Crippen LogP contribution in [0.2, 0.25) is 5.02 Å². The Balaban J connectivity index is 1.91. The van der Waals surface area contributed by atoms with Gasteiger partial charge in [-0.1, -0.05) is 35.9 Å². The van der Waals surface area contributed by atoms with Gasteiger partial charge in [-0.05, 0) is 39.3 Å². The lowest BCUT2D eigenvalue weighted by atomic mass is 10.0. The normalized spacial score (nSPS) is 12.7. The third-order valence-electron chi connectivity index (χ3n) is 5.59. The molecule has 0 saturated carbocycles. The second-order valence-corrected chi connectivity index (χ2v) is 12.0. The number of hydrogen-bond acceptors (Lipinski definition) is 4. The standard InChI is InChI=1S/C25H22ClF3N3OP/c1-13(16-7-5-6-8-17(16)27)32-25-22-19(31-14(2)23(25)26)11-18(28)21(24(22)29)15-9-10-20(30-12-15)34(3,4)33/h5-13H,1-4H3,(H,31,32). The van der Waals surface area contributed by atoms with Gasteiger partial charge in [0.2, 0.25) is 0 Å². The second kappa shape index (κ2) is 9.05. The van der Waals surface area contributed by atoms with E-state index in [2.05, 4.69) is 15.3 Å². The Labute approximate surface area is 200 Å². The van der Waals surface area contributed by atoms with Crippen LogP contribution in [0.15, 0.2) is 48.7 Å². The zero-order chi connectivity index (χ0) is 24.8. The molecule has 0 bridgehead atoms. The van der Waals surface area contributed by atoms with Crippen molar-refractivity contribution in [2.75, 3.05) is 18.6 Å². The van der Waals surface area contributed by atoms with Crippen molar-refractivity contribution in [2.24, 2.45) is 0 Å². The molecule has 2 heterocycles. The van der Waals surface area contributed by atoms with E-state index < -0.39 is 30.6 Å². The van der Waals surface area contributed by atoms with E-state index >= 15 is 8.78 Å². The Bertz CT molecular complexity index is 1450. The summed E-state index contributed by atoms with van der Waals surface area (Å²) < 4.78 is 57.6. The van der Waals surface area contributed by atoms with Crippen molar-refractivity contribution in [3.05, 3.63) is 82.4 Å². The van der Waals surface area contributed by atoms with Crippen LogP contribution in [0.3, 0.4) is 0 Å². The van der Waals surface area contributed by atoms with Crippen LogP contribution in [0.4, 0.5) is 18.9 Å². The average molecular weight is 504 g/mol. The highest BCUT2D eigenvalue weighted by Gasteiger charge is 2.24. The van der Waals surface area contributed by atoms with Gasteiger partial charge in [0.25, 0.3) is 0 Å². The van der Waals surface area contributed by atoms with E-state index in [-0.39, 0.29) is 32.7 Å². The zero-order valence-corrected chi connectivity index (χ0v) is 20.6. The lowest BCUT2D eigenvalue weighted by molar-refractivity contribution is 0.587. The van der Waals surface area contributed by atoms with Crippen molar-refractivity contribution in [1.82, 2.24) is 9.97 Å². The summed E-state index contributed by atoms with van der Waals surface area (Å²) in [5.74, 6) is -2.12. The monoisotopic (exact) mass is 503 g/mol. The summed E-state index contributed by atoms with van der Waals surface area (Å²) in [6.07, 6.45) is 1.29. The van der Waals surface area contributed by atoms with Crippen LogP contribution in [0, 0.1) is 24.4 Å². The highest BCUT2D eigenvalue weighted by molar-refractivity contribution is 7.69. The molecule has 4 nitrogen and oxygen atoms in total. The first-order valence-electron chi connectivity index (χ1n) is 10.5. The maximum absolute atomic E-state index is 15.9. The van der Waals surface area contributed by atoms with Crippen molar-refractivity contribution in [3.63, 3.8) is 0 Å². The van der Waals surface area contributed by atoms with Crippen LogP contribution in [0.5, 0.6) is 0 Å². The third kappa shape index (κ3) is 4.42. The maximum atomic E-state index is 15.9. The van der Waals surface area contributed by atoms with Gasteiger partial charge in [0.15, 0.2) is 0 Å². The highest BCUT2D eigenvalue weighted by Crippen LogP contribution is 2.41. The van der Waals surface area contributed by atoms with Crippen molar-refractivity contribution >= 4 is 40.8 Å². The lowest BCUT2D eigenvalue weighted by Crippen LogP contribution is -2.11. The van der Waals surface area contributed by atoms with Gasteiger partial charge >= 0.3 is 0 Å². The van der Waals surface area contributed by atoms with Crippen LogP contribution in [0.25, 0.3) is 22.0 Å². The molecule has 0 amide bonds. The molecule has 0 aliphatic carbocycles. The first-order valence-corrected chi connectivity index (χ1v) is 13.5. The van der Waals surface area contributed by atoms with E-state index in [9.17, 15) is 8.96 Å². The van der Waals surface area contributed by atoms with E-state index in [0.717, 1.165) is 6.07 Å². The molecule has 2 aromatic carbocycles. The Morgan fingerprint density at radius 1 is 1.06 bits per heavy atom. The first-order chi connectivity index (χ1) is 16.0. The quantitative estimate of drug-likeness (QED) is 0.295. The summed E-state index contributed by atoms with van der Waals surface area (Å²) in [7, 11) is -2.63. The fourth-order valence-electron chi connectivity index (χ4n) is 3.83. The Morgan fingerprint density at radius 2 is 1.76 bits per heavy atom. The number of nitrogens with one attached hydrogen (secondary N) is 1. The molecule has 4 aromatic rings. The first kappa shape index (κ1) is 24.2. The minimum absolute atomic E-state index is 0.0177. The molecular weight excluding hydrogens is 482 g/mol. The number of fused-ring (bicyclic) bond motifs is 1. The van der Waals surface area contributed by atoms with Gasteiger partial charge in [-0.15, -0.1) is 0 Å². The van der Waals surface area contributed by atoms with Gasteiger partial charge < -0.3 is 9.88 Å². The molecule has 34 heavy (non-hydrogen) atoms. The van der Waals surface area contributed by atoms with Crippen molar-refractivity contribution in [2.45, 2.75) is 19.9 Å². The molecule has 0 fully saturated rings. The topological polar surface area (TPSA) is 54.9 Å². The molecule has 2 aromatic heterocycles. The molecule has 0 saturated heterocycles. The van der Waals surface area contributed by atoms with Crippen molar-refractivity contribution in [3.8, 4) is 11.1 Å². The molecular formula is C25H22ClF3N3OP. The van der Waals surface area contributed by atoms with E-state index in [1.807, 2.05) is 0 Å². The fraction of sp³-hybridized carbons (Fsp3) is 0.200. The molecule has 0 spiro atoms. The number of anilines is 1. The van der Waals surface area contributed by atoms with E-state index in [0.29, 0.717) is 16.7 Å². The number of nitrogens with zero attached hydrogens (tertiary/aromatic N) is 2. The lowest BCUT2D eigenvalue weighted by Gasteiger charge is -2.21. The molecule has 0 radical (unpaired) electrons. The predicted octanol–water partition coefficient (Wildman–Crippen LogP) is 7.10. The summed E-state index contributed by atoms with van der Waals surface area (Å²) in [5, 5.41) is 3.23. The number of benzene rings is 2. The van der Waals surface area contributed by atoms with Crippen LogP contribution >= 0.6 is 18.7 Å². The van der Waals surface area contributed by atoms with Gasteiger partial charge in [-0.2, -0.15) is 0 Å². The van der Waals surface area contributed by atoms with E-state index in [4.69, 9.17) is 11.6 Å². The Morgan fingerprint density at radius 3 is 2.38 bits per heavy atom. The van der Waals surface area contributed by atoms with Gasteiger partial charge in [0.05, 0.1) is 44.3 Å². The number of hydrogen-bond donors (Lipinski definition) is 1. The minimum atomic E-state index is -2.63. The summed E-state index contributed by atoms with van der Waals surface area (Å²) >= 11 is 6.50. The molecule has 1 atom stereocenters. The van der Waals surface area contributed by atoms with Crippen LogP contribution in [0.1, 0.15) is 24.2 Å². The zero-order valence-electron chi connectivity index (χ0n) is 19.0. The van der Waals surface area contributed by atoms with Crippen molar-refractivity contribution < 1.29 is 17.7 Å². The number of rotatable bonds is 5. The van der Waals surface area contributed by atoms with Crippen LogP contribution < -0.4 is 10.8 Å². The van der Waals surface area contributed by atoms with Crippen LogP contribution in [-0.2, 0) is 4.57 Å². The van der Waals surface area contributed by atoms with Gasteiger partial charge in [-0.3, -0.25) is 9.97 Å². The number of aromatic nitrogens is 2. The fourth-order valence-corrected chi connectivity index (χ4v) is 4.79. The molecule has 0 aliphatic rings. The largest absolute Gasteiger partial charge is 0.377 e. The molecule has 1 N–H and O–H groups in total. The van der Waals surface area contributed by atoms with Gasteiger partial charge in [0.1, 0.15) is 24.6 Å². The van der Waals surface area contributed by atoms with Gasteiger partial charge in [-0.25, -0.2) is 13.2 Å². The molecule has 0 aliphatic heterocycles.